The highest BCUT2D eigenvalue weighted by molar-refractivity contribution is 9.10. The van der Waals surface area contributed by atoms with Gasteiger partial charge in [-0.3, -0.25) is 4.72 Å². The average Bonchev–Trinajstić information content (AvgIpc) is 2.69. The molecular weight excluding hydrogens is 356 g/mol. The summed E-state index contributed by atoms with van der Waals surface area (Å²) in [5, 5.41) is 2.91. The number of aryl methyl sites for hydroxylation is 2. The van der Waals surface area contributed by atoms with Crippen molar-refractivity contribution in [1.82, 2.24) is 5.32 Å². The molecule has 0 saturated heterocycles. The molecule has 5 nitrogen and oxygen atoms in total. The first-order chi connectivity index (χ1) is 9.81. The van der Waals surface area contributed by atoms with Gasteiger partial charge in [0, 0.05) is 11.8 Å². The maximum absolute atomic E-state index is 12.4. The second kappa shape index (κ2) is 6.21. The molecule has 21 heavy (non-hydrogen) atoms. The highest BCUT2D eigenvalue weighted by Gasteiger charge is 2.22. The van der Waals surface area contributed by atoms with Crippen LogP contribution < -0.4 is 10.0 Å². The first-order valence-corrected chi connectivity index (χ1v) is 8.63. The Kier molecular flexibility index (Phi) is 4.75. The molecule has 0 radical (unpaired) electrons. The Balaban J connectivity index is 2.33. The van der Waals surface area contributed by atoms with Crippen molar-refractivity contribution in [2.75, 3.05) is 11.8 Å². The lowest BCUT2D eigenvalue weighted by Gasteiger charge is -2.08. The summed E-state index contributed by atoms with van der Waals surface area (Å²) in [5.74, 6) is 0.546. The highest BCUT2D eigenvalue weighted by atomic mass is 79.9. The van der Waals surface area contributed by atoms with Gasteiger partial charge in [0.15, 0.2) is 4.67 Å². The highest BCUT2D eigenvalue weighted by Crippen LogP contribution is 2.28. The molecule has 0 unspecified atom stereocenters. The summed E-state index contributed by atoms with van der Waals surface area (Å²) in [5.41, 5.74) is 2.53. The summed E-state index contributed by atoms with van der Waals surface area (Å²) in [6.07, 6.45) is 0. The maximum atomic E-state index is 12.4. The predicted octanol–water partition coefficient (Wildman–Crippen LogP) is 3.18. The van der Waals surface area contributed by atoms with Crippen LogP contribution >= 0.6 is 15.9 Å². The molecule has 114 valence electrons. The quantitative estimate of drug-likeness (QED) is 0.845. The summed E-state index contributed by atoms with van der Waals surface area (Å²) in [6, 6.07) is 7.06. The summed E-state index contributed by atoms with van der Waals surface area (Å²) < 4.78 is 33.0. The van der Waals surface area contributed by atoms with Gasteiger partial charge in [0.25, 0.3) is 10.0 Å². The summed E-state index contributed by atoms with van der Waals surface area (Å²) >= 11 is 3.15. The third-order valence-corrected chi connectivity index (χ3v) is 5.06. The van der Waals surface area contributed by atoms with Gasteiger partial charge < -0.3 is 9.73 Å². The van der Waals surface area contributed by atoms with Crippen LogP contribution in [0.4, 0.5) is 5.69 Å². The fourth-order valence-electron chi connectivity index (χ4n) is 2.09. The minimum Gasteiger partial charge on any atom is -0.451 e. The molecule has 0 aliphatic rings. The second-order valence-electron chi connectivity index (χ2n) is 4.86. The molecule has 1 heterocycles. The van der Waals surface area contributed by atoms with Gasteiger partial charge in [-0.1, -0.05) is 6.07 Å². The first kappa shape index (κ1) is 16.1. The molecule has 0 atom stereocenters. The Morgan fingerprint density at radius 2 is 1.76 bits per heavy atom. The smallest absolute Gasteiger partial charge is 0.266 e. The number of rotatable bonds is 5. The van der Waals surface area contributed by atoms with Gasteiger partial charge in [0.2, 0.25) is 0 Å². The van der Waals surface area contributed by atoms with E-state index in [1.54, 1.807) is 19.2 Å². The van der Waals surface area contributed by atoms with E-state index in [0.717, 1.165) is 11.1 Å². The average molecular weight is 373 g/mol. The van der Waals surface area contributed by atoms with E-state index in [1.165, 1.54) is 6.07 Å². The van der Waals surface area contributed by atoms with Crippen molar-refractivity contribution in [3.8, 4) is 0 Å². The zero-order valence-corrected chi connectivity index (χ0v) is 14.4. The van der Waals surface area contributed by atoms with Crippen molar-refractivity contribution in [2.45, 2.75) is 25.3 Å². The van der Waals surface area contributed by atoms with Crippen molar-refractivity contribution >= 4 is 31.6 Å². The Hall–Kier alpha value is -1.31. The number of anilines is 1. The monoisotopic (exact) mass is 372 g/mol. The number of hydrogen-bond donors (Lipinski definition) is 2. The molecule has 7 heteroatoms. The Bertz CT molecular complexity index is 733. The van der Waals surface area contributed by atoms with Crippen LogP contribution in [-0.4, -0.2) is 15.5 Å². The van der Waals surface area contributed by atoms with Crippen LogP contribution in [0.15, 0.2) is 38.2 Å². The summed E-state index contributed by atoms with van der Waals surface area (Å²) in [7, 11) is -1.93. The summed E-state index contributed by atoms with van der Waals surface area (Å²) in [4.78, 5) is 0.0897. The van der Waals surface area contributed by atoms with Gasteiger partial charge in [-0.05, 0) is 60.1 Å². The Morgan fingerprint density at radius 1 is 1.14 bits per heavy atom. The van der Waals surface area contributed by atoms with Crippen molar-refractivity contribution in [3.05, 3.63) is 45.8 Å². The van der Waals surface area contributed by atoms with Crippen molar-refractivity contribution < 1.29 is 12.8 Å². The lowest BCUT2D eigenvalue weighted by molar-refractivity contribution is 0.470. The van der Waals surface area contributed by atoms with Gasteiger partial charge in [0.1, 0.15) is 10.7 Å². The Morgan fingerprint density at radius 3 is 2.33 bits per heavy atom. The molecule has 2 rings (SSSR count). The van der Waals surface area contributed by atoms with Crippen LogP contribution in [-0.2, 0) is 16.6 Å². The molecule has 0 saturated carbocycles. The maximum Gasteiger partial charge on any atom is 0.266 e. The molecule has 1 aromatic carbocycles. The van der Waals surface area contributed by atoms with E-state index in [-0.39, 0.29) is 9.56 Å². The number of benzene rings is 1. The second-order valence-corrected chi connectivity index (χ2v) is 7.23. The number of hydrogen-bond acceptors (Lipinski definition) is 4. The lowest BCUT2D eigenvalue weighted by atomic mass is 10.1. The topological polar surface area (TPSA) is 71.3 Å². The number of furan rings is 1. The van der Waals surface area contributed by atoms with E-state index < -0.39 is 10.0 Å². The third kappa shape index (κ3) is 3.87. The van der Waals surface area contributed by atoms with Crippen molar-refractivity contribution in [1.29, 1.82) is 0 Å². The molecule has 0 aliphatic carbocycles. The van der Waals surface area contributed by atoms with Crippen molar-refractivity contribution in [3.63, 3.8) is 0 Å². The molecule has 0 spiro atoms. The van der Waals surface area contributed by atoms with E-state index in [4.69, 9.17) is 4.42 Å². The standard InChI is InChI=1S/C14H17BrN2O3S/c1-9-4-10(2)6-11(5-9)17-21(18,19)13-7-12(8-16-3)20-14(13)15/h4-7,16-17H,8H2,1-3H3. The molecule has 0 amide bonds. The first-order valence-electron chi connectivity index (χ1n) is 6.36. The Labute approximate surface area is 132 Å². The van der Waals surface area contributed by atoms with Gasteiger partial charge >= 0.3 is 0 Å². The normalized spacial score (nSPS) is 11.6. The van der Waals surface area contributed by atoms with Crippen LogP contribution in [0, 0.1) is 13.8 Å². The van der Waals surface area contributed by atoms with E-state index >= 15 is 0 Å². The fraction of sp³-hybridized carbons (Fsp3) is 0.286. The lowest BCUT2D eigenvalue weighted by Crippen LogP contribution is -2.13. The molecule has 2 N–H and O–H groups in total. The van der Waals surface area contributed by atoms with Crippen LogP contribution in [0.5, 0.6) is 0 Å². The van der Waals surface area contributed by atoms with Crippen molar-refractivity contribution in [2.24, 2.45) is 0 Å². The number of nitrogens with one attached hydrogen (secondary N) is 2. The van der Waals surface area contributed by atoms with Crippen LogP contribution in [0.3, 0.4) is 0 Å². The molecule has 0 bridgehead atoms. The van der Waals surface area contributed by atoms with E-state index in [2.05, 4.69) is 26.0 Å². The van der Waals surface area contributed by atoms with Gasteiger partial charge in [-0.15, -0.1) is 0 Å². The molecular formula is C14H17BrN2O3S. The third-order valence-electron chi connectivity index (χ3n) is 2.82. The van der Waals surface area contributed by atoms with E-state index in [0.29, 0.717) is 18.0 Å². The predicted molar refractivity (Wildman–Crippen MR) is 85.9 cm³/mol. The minimum absolute atomic E-state index is 0.0897. The van der Waals surface area contributed by atoms with E-state index in [9.17, 15) is 8.42 Å². The summed E-state index contributed by atoms with van der Waals surface area (Å²) in [6.45, 7) is 4.30. The van der Waals surface area contributed by atoms with Gasteiger partial charge in [-0.2, -0.15) is 0 Å². The van der Waals surface area contributed by atoms with Crippen LogP contribution in [0.2, 0.25) is 0 Å². The molecule has 1 aromatic heterocycles. The van der Waals surface area contributed by atoms with Crippen LogP contribution in [0.25, 0.3) is 0 Å². The number of sulfonamides is 1. The minimum atomic E-state index is -3.69. The fourth-order valence-corrected chi connectivity index (χ4v) is 4.13. The molecule has 2 aromatic rings. The van der Waals surface area contributed by atoms with Gasteiger partial charge in [0.05, 0.1) is 6.54 Å². The van der Waals surface area contributed by atoms with E-state index in [1.807, 2.05) is 19.9 Å². The molecule has 0 fully saturated rings. The molecule has 0 aliphatic heterocycles. The van der Waals surface area contributed by atoms with Crippen LogP contribution in [0.1, 0.15) is 16.9 Å². The zero-order chi connectivity index (χ0) is 15.6. The van der Waals surface area contributed by atoms with Gasteiger partial charge in [-0.25, -0.2) is 8.42 Å². The SMILES string of the molecule is CNCc1cc(S(=O)(=O)Nc2cc(C)cc(C)c2)c(Br)o1. The largest absolute Gasteiger partial charge is 0.451 e. The zero-order valence-electron chi connectivity index (χ0n) is 12.0. The number of halogens is 1.